The zero-order valence-corrected chi connectivity index (χ0v) is 24.4. The number of carbonyl (C=O) groups excluding carboxylic acids is 2. The van der Waals surface area contributed by atoms with Crippen LogP contribution < -0.4 is 14.8 Å². The van der Waals surface area contributed by atoms with Gasteiger partial charge in [-0.2, -0.15) is 0 Å². The van der Waals surface area contributed by atoms with E-state index in [0.717, 1.165) is 0 Å². The number of ether oxygens (including phenoxy) is 2. The molecule has 1 heterocycles. The number of hydrogen-bond acceptors (Lipinski definition) is 6. The van der Waals surface area contributed by atoms with Crippen LogP contribution >= 0.6 is 31.9 Å². The Balaban J connectivity index is 1.78. The Morgan fingerprint density at radius 3 is 2.50 bits per heavy atom. The lowest BCUT2D eigenvalue weighted by molar-refractivity contribution is 0.0222. The van der Waals surface area contributed by atoms with Gasteiger partial charge in [0.15, 0.2) is 0 Å². The third kappa shape index (κ3) is 7.21. The van der Waals surface area contributed by atoms with Gasteiger partial charge in [0.2, 0.25) is 10.0 Å². The number of sulfonamides is 1. The van der Waals surface area contributed by atoms with E-state index in [-0.39, 0.29) is 30.3 Å². The molecule has 1 saturated heterocycles. The fourth-order valence-corrected chi connectivity index (χ4v) is 6.59. The van der Waals surface area contributed by atoms with Gasteiger partial charge in [0, 0.05) is 28.1 Å². The number of benzene rings is 2. The second kappa shape index (κ2) is 11.5. The second-order valence-corrected chi connectivity index (χ2v) is 12.8. The highest BCUT2D eigenvalue weighted by molar-refractivity contribution is 9.11. The Morgan fingerprint density at radius 1 is 1.14 bits per heavy atom. The van der Waals surface area contributed by atoms with Crippen LogP contribution in [0.5, 0.6) is 5.75 Å². The summed E-state index contributed by atoms with van der Waals surface area (Å²) in [7, 11) is -2.42. The van der Waals surface area contributed by atoms with Crippen molar-refractivity contribution in [3.05, 3.63) is 57.0 Å². The minimum absolute atomic E-state index is 0.0774. The maximum Gasteiger partial charge on any atom is 0.410 e. The maximum atomic E-state index is 13.1. The standard InChI is InChI=1S/C24H29Br2N3O6S/c1-24(2,3)35-23(31)29-14-16(28-36(32,33)21-11-15(25)9-10-19(21)26)12-17(29)13-27-22(30)18-7-5-6-8-20(18)34-4/h5-11,16-17,28H,12-14H2,1-4H3,(H,27,30)/t16-,17-/m1/s1. The fraction of sp³-hybridized carbons (Fsp3) is 0.417. The van der Waals surface area contributed by atoms with Crippen molar-refractivity contribution in [2.45, 2.75) is 49.8 Å². The molecule has 2 aromatic carbocycles. The minimum Gasteiger partial charge on any atom is -0.496 e. The van der Waals surface area contributed by atoms with Gasteiger partial charge in [-0.15, -0.1) is 0 Å². The van der Waals surface area contributed by atoms with Gasteiger partial charge in [-0.25, -0.2) is 17.9 Å². The topological polar surface area (TPSA) is 114 Å². The van der Waals surface area contributed by atoms with E-state index in [0.29, 0.717) is 20.3 Å². The molecule has 2 amide bonds. The summed E-state index contributed by atoms with van der Waals surface area (Å²) >= 11 is 6.59. The van der Waals surface area contributed by atoms with Gasteiger partial charge in [-0.3, -0.25) is 4.79 Å². The Kier molecular flexibility index (Phi) is 9.07. The minimum atomic E-state index is -3.90. The van der Waals surface area contributed by atoms with E-state index >= 15 is 0 Å². The number of nitrogens with zero attached hydrogens (tertiary/aromatic N) is 1. The van der Waals surface area contributed by atoms with E-state index in [1.54, 1.807) is 57.2 Å². The highest BCUT2D eigenvalue weighted by Gasteiger charge is 2.39. The van der Waals surface area contributed by atoms with Crippen molar-refractivity contribution < 1.29 is 27.5 Å². The van der Waals surface area contributed by atoms with Gasteiger partial charge in [0.25, 0.3) is 5.91 Å². The Hall–Kier alpha value is -2.15. The predicted octanol–water partition coefficient (Wildman–Crippen LogP) is 4.31. The summed E-state index contributed by atoms with van der Waals surface area (Å²) in [5.74, 6) is 0.0642. The van der Waals surface area contributed by atoms with Gasteiger partial charge < -0.3 is 19.7 Å². The SMILES string of the molecule is COc1ccccc1C(=O)NC[C@H]1C[C@@H](NS(=O)(=O)c2cc(Br)ccc2Br)CN1C(=O)OC(C)(C)C. The van der Waals surface area contributed by atoms with Crippen LogP contribution in [0.2, 0.25) is 0 Å². The largest absolute Gasteiger partial charge is 0.496 e. The molecule has 0 unspecified atom stereocenters. The van der Waals surface area contributed by atoms with Gasteiger partial charge >= 0.3 is 6.09 Å². The zero-order valence-electron chi connectivity index (χ0n) is 20.4. The fourth-order valence-electron chi connectivity index (χ4n) is 3.84. The summed E-state index contributed by atoms with van der Waals surface area (Å²) in [6, 6.07) is 10.6. The second-order valence-electron chi connectivity index (χ2n) is 9.33. The number of likely N-dealkylation sites (tertiary alicyclic amines) is 1. The molecule has 12 heteroatoms. The normalized spacial score (nSPS) is 18.1. The first-order valence-corrected chi connectivity index (χ1v) is 14.3. The average molecular weight is 647 g/mol. The molecule has 1 aliphatic rings. The Labute approximate surface area is 228 Å². The molecule has 3 rings (SSSR count). The van der Waals surface area contributed by atoms with Gasteiger partial charge in [-0.1, -0.05) is 28.1 Å². The molecule has 9 nitrogen and oxygen atoms in total. The van der Waals surface area contributed by atoms with E-state index in [1.165, 1.54) is 18.1 Å². The molecule has 2 aromatic rings. The summed E-state index contributed by atoms with van der Waals surface area (Å²) < 4.78 is 40.8. The number of nitrogens with one attached hydrogen (secondary N) is 2. The van der Waals surface area contributed by atoms with Crippen LogP contribution in [-0.4, -0.2) is 63.2 Å². The van der Waals surface area contributed by atoms with Crippen molar-refractivity contribution in [3.63, 3.8) is 0 Å². The zero-order chi connectivity index (χ0) is 26.7. The number of rotatable bonds is 7. The Morgan fingerprint density at radius 2 is 1.83 bits per heavy atom. The third-order valence-corrected chi connectivity index (χ3v) is 8.40. The van der Waals surface area contributed by atoms with Crippen molar-refractivity contribution in [3.8, 4) is 5.75 Å². The van der Waals surface area contributed by atoms with E-state index in [9.17, 15) is 18.0 Å². The number of hydrogen-bond donors (Lipinski definition) is 2. The molecule has 2 atom stereocenters. The molecule has 2 N–H and O–H groups in total. The van der Waals surface area contributed by atoms with Gasteiger partial charge in [0.05, 0.1) is 23.6 Å². The van der Waals surface area contributed by atoms with Crippen LogP contribution in [0, 0.1) is 0 Å². The lowest BCUT2D eigenvalue weighted by atomic mass is 10.1. The first-order chi connectivity index (χ1) is 16.8. The van der Waals surface area contributed by atoms with Crippen LogP contribution in [0.3, 0.4) is 0 Å². The molecule has 196 valence electrons. The number of halogens is 2. The quantitative estimate of drug-likeness (QED) is 0.464. The molecule has 36 heavy (non-hydrogen) atoms. The summed E-state index contributed by atoms with van der Waals surface area (Å²) in [4.78, 5) is 27.3. The van der Waals surface area contributed by atoms with E-state index in [1.807, 2.05) is 0 Å². The lowest BCUT2D eigenvalue weighted by Gasteiger charge is -2.28. The first-order valence-electron chi connectivity index (χ1n) is 11.2. The smallest absolute Gasteiger partial charge is 0.410 e. The van der Waals surface area contributed by atoms with Crippen LogP contribution in [0.15, 0.2) is 56.3 Å². The molecule has 1 aliphatic heterocycles. The highest BCUT2D eigenvalue weighted by Crippen LogP contribution is 2.28. The molecular weight excluding hydrogens is 618 g/mol. The van der Waals surface area contributed by atoms with Gasteiger partial charge in [-0.05, 0) is 73.5 Å². The van der Waals surface area contributed by atoms with Crippen LogP contribution in [-0.2, 0) is 14.8 Å². The molecule has 1 fully saturated rings. The maximum absolute atomic E-state index is 13.1. The van der Waals surface area contributed by atoms with Crippen molar-refractivity contribution in [1.82, 2.24) is 14.9 Å². The summed E-state index contributed by atoms with van der Waals surface area (Å²) in [6.07, 6.45) is -0.291. The monoisotopic (exact) mass is 645 g/mol. The molecule has 0 saturated carbocycles. The number of para-hydroxylation sites is 1. The van der Waals surface area contributed by atoms with E-state index in [2.05, 4.69) is 41.9 Å². The summed E-state index contributed by atoms with van der Waals surface area (Å²) in [5, 5.41) is 2.84. The van der Waals surface area contributed by atoms with Crippen molar-refractivity contribution in [2.24, 2.45) is 0 Å². The van der Waals surface area contributed by atoms with E-state index < -0.39 is 33.8 Å². The van der Waals surface area contributed by atoms with Crippen molar-refractivity contribution in [2.75, 3.05) is 20.2 Å². The average Bonchev–Trinajstić information content (AvgIpc) is 3.19. The predicted molar refractivity (Wildman–Crippen MR) is 143 cm³/mol. The molecule has 0 spiro atoms. The third-order valence-electron chi connectivity index (χ3n) is 5.40. The number of methoxy groups -OCH3 is 1. The number of amides is 2. The van der Waals surface area contributed by atoms with Crippen LogP contribution in [0.1, 0.15) is 37.6 Å². The highest BCUT2D eigenvalue weighted by atomic mass is 79.9. The molecule has 0 bridgehead atoms. The van der Waals surface area contributed by atoms with Crippen molar-refractivity contribution >= 4 is 53.9 Å². The Bertz CT molecular complexity index is 1230. The van der Waals surface area contributed by atoms with Crippen LogP contribution in [0.25, 0.3) is 0 Å². The van der Waals surface area contributed by atoms with Gasteiger partial charge in [0.1, 0.15) is 11.4 Å². The first kappa shape index (κ1) is 28.4. The molecule has 0 aliphatic carbocycles. The summed E-state index contributed by atoms with van der Waals surface area (Å²) in [5.41, 5.74) is -0.375. The van der Waals surface area contributed by atoms with Crippen molar-refractivity contribution in [1.29, 1.82) is 0 Å². The lowest BCUT2D eigenvalue weighted by Crippen LogP contribution is -2.45. The van der Waals surface area contributed by atoms with E-state index in [4.69, 9.17) is 9.47 Å². The molecular formula is C24H29Br2N3O6S. The number of carbonyl (C=O) groups is 2. The van der Waals surface area contributed by atoms with Crippen LogP contribution in [0.4, 0.5) is 4.79 Å². The molecule has 0 aromatic heterocycles. The molecule has 0 radical (unpaired) electrons. The summed E-state index contributed by atoms with van der Waals surface area (Å²) in [6.45, 7) is 5.46.